The van der Waals surface area contributed by atoms with Crippen LogP contribution in [-0.2, 0) is 9.63 Å². The minimum absolute atomic E-state index is 0.239. The van der Waals surface area contributed by atoms with Gasteiger partial charge in [0, 0.05) is 32.4 Å². The van der Waals surface area contributed by atoms with Gasteiger partial charge in [-0.3, -0.25) is 4.79 Å². The number of hydrogen-bond donors (Lipinski definition) is 1. The molecule has 0 bridgehead atoms. The van der Waals surface area contributed by atoms with E-state index < -0.39 is 5.91 Å². The Balaban J connectivity index is 1.99. The molecule has 1 saturated heterocycles. The minimum atomic E-state index is -0.458. The van der Waals surface area contributed by atoms with Crippen molar-refractivity contribution in [2.24, 2.45) is 10.9 Å². The molecule has 1 amide bonds. The predicted molar refractivity (Wildman–Crippen MR) is 51.8 cm³/mol. The highest BCUT2D eigenvalue weighted by atomic mass is 16.7. The third-order valence-corrected chi connectivity index (χ3v) is 3.02. The Labute approximate surface area is 82.9 Å². The monoisotopic (exact) mass is 197 g/mol. The van der Waals surface area contributed by atoms with Gasteiger partial charge in [-0.2, -0.15) is 0 Å². The zero-order chi connectivity index (χ0) is 10.2. The van der Waals surface area contributed by atoms with Gasteiger partial charge in [0.05, 0.1) is 0 Å². The highest BCUT2D eigenvalue weighted by Crippen LogP contribution is 2.33. The van der Waals surface area contributed by atoms with Crippen molar-refractivity contribution in [3.8, 4) is 0 Å². The molecule has 2 N–H and O–H groups in total. The van der Waals surface area contributed by atoms with E-state index in [4.69, 9.17) is 10.6 Å². The second kappa shape index (κ2) is 3.24. The van der Waals surface area contributed by atoms with E-state index in [-0.39, 0.29) is 5.60 Å². The van der Waals surface area contributed by atoms with Gasteiger partial charge < -0.3 is 15.5 Å². The highest BCUT2D eigenvalue weighted by Gasteiger charge is 2.42. The normalized spacial score (nSPS) is 25.9. The largest absolute Gasteiger partial charge is 0.388 e. The van der Waals surface area contributed by atoms with Gasteiger partial charge in [0.25, 0.3) is 5.91 Å². The van der Waals surface area contributed by atoms with Crippen LogP contribution in [0, 0.1) is 0 Å². The van der Waals surface area contributed by atoms with Crippen LogP contribution in [0.15, 0.2) is 5.16 Å². The fourth-order valence-corrected chi connectivity index (χ4v) is 1.95. The number of rotatable bonds is 1. The summed E-state index contributed by atoms with van der Waals surface area (Å²) in [5.41, 5.74) is 5.30. The fraction of sp³-hybridized carbons (Fsp3) is 0.778. The zero-order valence-corrected chi connectivity index (χ0v) is 8.32. The molecule has 0 aromatic heterocycles. The van der Waals surface area contributed by atoms with Gasteiger partial charge in [0.1, 0.15) is 11.3 Å². The molecule has 2 aliphatic rings. The van der Waals surface area contributed by atoms with Crippen molar-refractivity contribution in [1.82, 2.24) is 4.90 Å². The van der Waals surface area contributed by atoms with Gasteiger partial charge in [0.2, 0.25) is 0 Å². The Bertz CT molecular complexity index is 280. The molecule has 5 heteroatoms. The molecule has 5 nitrogen and oxygen atoms in total. The molecule has 0 aliphatic carbocycles. The average Bonchev–Trinajstić information content (AvgIpc) is 2.56. The third-order valence-electron chi connectivity index (χ3n) is 3.02. The molecule has 0 unspecified atom stereocenters. The van der Waals surface area contributed by atoms with Crippen molar-refractivity contribution >= 4 is 11.6 Å². The topological polar surface area (TPSA) is 67.9 Å². The molecule has 1 spiro atoms. The van der Waals surface area contributed by atoms with E-state index in [1.165, 1.54) is 0 Å². The van der Waals surface area contributed by atoms with Crippen molar-refractivity contribution < 1.29 is 9.63 Å². The number of piperidine rings is 1. The highest BCUT2D eigenvalue weighted by molar-refractivity contribution is 6.38. The molecule has 2 aliphatic heterocycles. The lowest BCUT2D eigenvalue weighted by molar-refractivity contribution is -0.112. The summed E-state index contributed by atoms with van der Waals surface area (Å²) in [6.45, 7) is 1.98. The number of amides is 1. The second-order valence-corrected chi connectivity index (χ2v) is 4.16. The minimum Gasteiger partial charge on any atom is -0.388 e. The standard InChI is InChI=1S/C9H15N3O2/c1-12-4-2-9(3-5-12)6-7(8(10)13)11-14-9/h2-6H2,1H3,(H2,10,13). The Morgan fingerprint density at radius 2 is 2.21 bits per heavy atom. The Morgan fingerprint density at radius 3 is 2.71 bits per heavy atom. The maximum atomic E-state index is 10.9. The van der Waals surface area contributed by atoms with Crippen LogP contribution in [0.2, 0.25) is 0 Å². The summed E-state index contributed by atoms with van der Waals surface area (Å²) < 4.78 is 0. The Hall–Kier alpha value is -1.10. The number of primary amides is 1. The summed E-state index contributed by atoms with van der Waals surface area (Å²) in [4.78, 5) is 18.5. The number of oxime groups is 1. The molecular formula is C9H15N3O2. The maximum absolute atomic E-state index is 10.9. The van der Waals surface area contributed by atoms with Gasteiger partial charge >= 0.3 is 0 Å². The summed E-state index contributed by atoms with van der Waals surface area (Å²) >= 11 is 0. The number of nitrogens with zero attached hydrogens (tertiary/aromatic N) is 2. The molecule has 14 heavy (non-hydrogen) atoms. The molecular weight excluding hydrogens is 182 g/mol. The van der Waals surface area contributed by atoms with Crippen molar-refractivity contribution in [1.29, 1.82) is 0 Å². The van der Waals surface area contributed by atoms with Gasteiger partial charge in [-0.05, 0) is 7.05 Å². The summed E-state index contributed by atoms with van der Waals surface area (Å²) in [5.74, 6) is -0.458. The van der Waals surface area contributed by atoms with E-state index in [1.54, 1.807) is 0 Å². The lowest BCUT2D eigenvalue weighted by Crippen LogP contribution is -2.43. The van der Waals surface area contributed by atoms with Gasteiger partial charge in [0.15, 0.2) is 0 Å². The quantitative estimate of drug-likeness (QED) is 0.628. The van der Waals surface area contributed by atoms with Crippen LogP contribution in [0.5, 0.6) is 0 Å². The van der Waals surface area contributed by atoms with E-state index in [2.05, 4.69) is 17.1 Å². The number of hydrogen-bond acceptors (Lipinski definition) is 4. The SMILES string of the molecule is CN1CCC2(CC1)CC(C(N)=O)=NO2. The summed E-state index contributed by atoms with van der Waals surface area (Å²) in [6.07, 6.45) is 2.42. The number of carbonyl (C=O) groups excluding carboxylic acids is 1. The molecule has 0 atom stereocenters. The molecule has 0 radical (unpaired) electrons. The van der Waals surface area contributed by atoms with Gasteiger partial charge in [-0.15, -0.1) is 0 Å². The van der Waals surface area contributed by atoms with Crippen molar-refractivity contribution in [2.45, 2.75) is 24.9 Å². The lowest BCUT2D eigenvalue weighted by atomic mass is 9.87. The predicted octanol–water partition coefficient (Wildman–Crippen LogP) is -0.288. The van der Waals surface area contributed by atoms with Crippen LogP contribution in [0.3, 0.4) is 0 Å². The Kier molecular flexibility index (Phi) is 2.19. The van der Waals surface area contributed by atoms with E-state index in [0.717, 1.165) is 25.9 Å². The van der Waals surface area contributed by atoms with Crippen LogP contribution in [0.1, 0.15) is 19.3 Å². The molecule has 78 valence electrons. The van der Waals surface area contributed by atoms with Gasteiger partial charge in [-0.25, -0.2) is 0 Å². The summed E-state index contributed by atoms with van der Waals surface area (Å²) in [6, 6.07) is 0. The zero-order valence-electron chi connectivity index (χ0n) is 8.32. The van der Waals surface area contributed by atoms with Crippen LogP contribution < -0.4 is 5.73 Å². The van der Waals surface area contributed by atoms with Crippen molar-refractivity contribution in [2.75, 3.05) is 20.1 Å². The Morgan fingerprint density at radius 1 is 1.57 bits per heavy atom. The second-order valence-electron chi connectivity index (χ2n) is 4.16. The summed E-state index contributed by atoms with van der Waals surface area (Å²) in [5, 5.41) is 3.76. The van der Waals surface area contributed by atoms with Crippen molar-refractivity contribution in [3.05, 3.63) is 0 Å². The molecule has 1 fully saturated rings. The molecule has 2 rings (SSSR count). The third kappa shape index (κ3) is 1.59. The maximum Gasteiger partial charge on any atom is 0.266 e. The first-order valence-electron chi connectivity index (χ1n) is 4.85. The van der Waals surface area contributed by atoms with Crippen LogP contribution in [0.4, 0.5) is 0 Å². The fourth-order valence-electron chi connectivity index (χ4n) is 1.95. The molecule has 0 saturated carbocycles. The van der Waals surface area contributed by atoms with E-state index in [0.29, 0.717) is 12.1 Å². The first kappa shape index (κ1) is 9.45. The van der Waals surface area contributed by atoms with Crippen LogP contribution in [0.25, 0.3) is 0 Å². The van der Waals surface area contributed by atoms with Gasteiger partial charge in [-0.1, -0.05) is 5.16 Å². The van der Waals surface area contributed by atoms with Crippen LogP contribution in [-0.4, -0.2) is 42.3 Å². The van der Waals surface area contributed by atoms with Crippen molar-refractivity contribution in [3.63, 3.8) is 0 Å². The number of nitrogens with two attached hydrogens (primary N) is 1. The van der Waals surface area contributed by atoms with Crippen LogP contribution >= 0.6 is 0 Å². The number of carbonyl (C=O) groups is 1. The first-order valence-corrected chi connectivity index (χ1v) is 4.85. The smallest absolute Gasteiger partial charge is 0.266 e. The molecule has 0 aromatic rings. The average molecular weight is 197 g/mol. The first-order chi connectivity index (χ1) is 6.61. The molecule has 0 aromatic carbocycles. The molecule has 2 heterocycles. The van der Waals surface area contributed by atoms with E-state index >= 15 is 0 Å². The number of likely N-dealkylation sites (tertiary alicyclic amines) is 1. The summed E-state index contributed by atoms with van der Waals surface area (Å²) in [7, 11) is 2.08. The van der Waals surface area contributed by atoms with E-state index in [9.17, 15) is 4.79 Å². The van der Waals surface area contributed by atoms with E-state index in [1.807, 2.05) is 0 Å². The lowest BCUT2D eigenvalue weighted by Gasteiger charge is -2.35.